The molecule has 1 amide bonds. The number of hydrogen-bond donors (Lipinski definition) is 1. The van der Waals surface area contributed by atoms with Crippen molar-refractivity contribution >= 4 is 17.7 Å². The van der Waals surface area contributed by atoms with Crippen LogP contribution in [-0.2, 0) is 6.42 Å². The minimum atomic E-state index is -0.135. The van der Waals surface area contributed by atoms with Crippen LogP contribution in [0.2, 0.25) is 0 Å². The number of aryl methyl sites for hydroxylation is 1. The third kappa shape index (κ3) is 4.70. The first-order chi connectivity index (χ1) is 12.8. The number of thioether (sulfide) groups is 1. The van der Waals surface area contributed by atoms with Crippen molar-refractivity contribution in [1.29, 1.82) is 0 Å². The molecule has 0 aliphatic heterocycles. The molecular formula is C21H21N3OS. The molecule has 26 heavy (non-hydrogen) atoms. The summed E-state index contributed by atoms with van der Waals surface area (Å²) in [4.78, 5) is 21.5. The standard InChI is InChI=1S/C21H21N3OS/c1-26-21-23-15-18(19(24-21)17-12-6-3-7-13-17)20(25)22-14-8-11-16-9-4-2-5-10-16/h2-7,9-10,12-13,15H,8,11,14H2,1H3,(H,22,25). The molecule has 0 bridgehead atoms. The molecule has 2 aromatic carbocycles. The van der Waals surface area contributed by atoms with Crippen LogP contribution in [0.5, 0.6) is 0 Å². The number of benzene rings is 2. The molecule has 132 valence electrons. The Kier molecular flexibility index (Phi) is 6.39. The average Bonchev–Trinajstić information content (AvgIpc) is 2.72. The molecule has 0 atom stereocenters. The monoisotopic (exact) mass is 363 g/mol. The van der Waals surface area contributed by atoms with Gasteiger partial charge in [-0.25, -0.2) is 9.97 Å². The fraction of sp³-hybridized carbons (Fsp3) is 0.190. The van der Waals surface area contributed by atoms with Crippen LogP contribution in [0.15, 0.2) is 72.0 Å². The van der Waals surface area contributed by atoms with Crippen molar-refractivity contribution in [2.24, 2.45) is 0 Å². The lowest BCUT2D eigenvalue weighted by atomic mass is 10.1. The zero-order valence-corrected chi connectivity index (χ0v) is 15.5. The first-order valence-corrected chi connectivity index (χ1v) is 9.79. The lowest BCUT2D eigenvalue weighted by Crippen LogP contribution is -2.26. The van der Waals surface area contributed by atoms with Crippen LogP contribution in [0.1, 0.15) is 22.3 Å². The minimum absolute atomic E-state index is 0.135. The fourth-order valence-electron chi connectivity index (χ4n) is 2.68. The summed E-state index contributed by atoms with van der Waals surface area (Å²) in [6.45, 7) is 0.617. The lowest BCUT2D eigenvalue weighted by Gasteiger charge is -2.10. The van der Waals surface area contributed by atoms with Gasteiger partial charge in [-0.05, 0) is 24.7 Å². The zero-order valence-electron chi connectivity index (χ0n) is 14.7. The third-order valence-corrected chi connectivity index (χ3v) is 4.57. The van der Waals surface area contributed by atoms with E-state index in [9.17, 15) is 4.79 Å². The molecule has 0 saturated carbocycles. The summed E-state index contributed by atoms with van der Waals surface area (Å²) in [5, 5.41) is 3.65. The molecule has 0 saturated heterocycles. The maximum Gasteiger partial charge on any atom is 0.255 e. The predicted molar refractivity (Wildman–Crippen MR) is 106 cm³/mol. The van der Waals surface area contributed by atoms with Crippen molar-refractivity contribution in [2.45, 2.75) is 18.0 Å². The first-order valence-electron chi connectivity index (χ1n) is 8.56. The van der Waals surface area contributed by atoms with Crippen LogP contribution in [0.25, 0.3) is 11.3 Å². The first kappa shape index (κ1) is 18.1. The molecule has 0 aliphatic carbocycles. The summed E-state index contributed by atoms with van der Waals surface area (Å²) in [6, 6.07) is 20.0. The van der Waals surface area contributed by atoms with Gasteiger partial charge < -0.3 is 5.32 Å². The van der Waals surface area contributed by atoms with Crippen molar-refractivity contribution in [1.82, 2.24) is 15.3 Å². The molecule has 3 aromatic rings. The number of aromatic nitrogens is 2. The topological polar surface area (TPSA) is 54.9 Å². The maximum absolute atomic E-state index is 12.7. The highest BCUT2D eigenvalue weighted by molar-refractivity contribution is 7.98. The van der Waals surface area contributed by atoms with Crippen molar-refractivity contribution in [3.05, 3.63) is 78.0 Å². The minimum Gasteiger partial charge on any atom is -0.352 e. The van der Waals surface area contributed by atoms with Crippen LogP contribution < -0.4 is 5.32 Å². The van der Waals surface area contributed by atoms with E-state index in [1.807, 2.05) is 54.8 Å². The molecule has 1 N–H and O–H groups in total. The Morgan fingerprint density at radius 1 is 1.04 bits per heavy atom. The number of carbonyl (C=O) groups is 1. The second-order valence-electron chi connectivity index (χ2n) is 5.83. The average molecular weight is 363 g/mol. The Bertz CT molecular complexity index is 854. The molecule has 0 unspecified atom stereocenters. The number of amides is 1. The summed E-state index contributed by atoms with van der Waals surface area (Å²) in [5.41, 5.74) is 3.37. The van der Waals surface area contributed by atoms with Crippen LogP contribution >= 0.6 is 11.8 Å². The van der Waals surface area contributed by atoms with E-state index >= 15 is 0 Å². The Balaban J connectivity index is 1.68. The molecule has 0 spiro atoms. The zero-order chi connectivity index (χ0) is 18.2. The van der Waals surface area contributed by atoms with E-state index in [-0.39, 0.29) is 5.91 Å². The number of rotatable bonds is 7. The highest BCUT2D eigenvalue weighted by Gasteiger charge is 2.15. The molecule has 0 radical (unpaired) electrons. The Morgan fingerprint density at radius 2 is 1.73 bits per heavy atom. The molecule has 5 heteroatoms. The number of carbonyl (C=O) groups excluding carboxylic acids is 1. The van der Waals surface area contributed by atoms with Crippen LogP contribution in [0, 0.1) is 0 Å². The van der Waals surface area contributed by atoms with Crippen molar-refractivity contribution < 1.29 is 4.79 Å². The quantitative estimate of drug-likeness (QED) is 0.388. The Morgan fingerprint density at radius 3 is 2.42 bits per heavy atom. The number of nitrogens with zero attached hydrogens (tertiary/aromatic N) is 2. The Hall–Kier alpha value is -2.66. The molecule has 0 fully saturated rings. The second-order valence-corrected chi connectivity index (χ2v) is 6.60. The van der Waals surface area contributed by atoms with Crippen molar-refractivity contribution in [3.8, 4) is 11.3 Å². The SMILES string of the molecule is CSc1ncc(C(=O)NCCCc2ccccc2)c(-c2ccccc2)n1. The van der Waals surface area contributed by atoms with E-state index in [0.717, 1.165) is 18.4 Å². The van der Waals surface area contributed by atoms with Gasteiger partial charge in [-0.3, -0.25) is 4.79 Å². The second kappa shape index (κ2) is 9.15. The van der Waals surface area contributed by atoms with Gasteiger partial charge in [0.1, 0.15) is 0 Å². The van der Waals surface area contributed by atoms with Gasteiger partial charge in [0.25, 0.3) is 5.91 Å². The number of nitrogens with one attached hydrogen (secondary N) is 1. The van der Waals surface area contributed by atoms with Gasteiger partial charge in [-0.1, -0.05) is 72.4 Å². The van der Waals surface area contributed by atoms with Gasteiger partial charge in [0.2, 0.25) is 0 Å². The maximum atomic E-state index is 12.7. The van der Waals surface area contributed by atoms with Crippen molar-refractivity contribution in [2.75, 3.05) is 12.8 Å². The van der Waals surface area contributed by atoms with E-state index in [1.165, 1.54) is 17.3 Å². The van der Waals surface area contributed by atoms with Crippen LogP contribution in [0.4, 0.5) is 0 Å². The van der Waals surface area contributed by atoms with Gasteiger partial charge in [-0.15, -0.1) is 0 Å². The van der Waals surface area contributed by atoms with Gasteiger partial charge in [-0.2, -0.15) is 0 Å². The van der Waals surface area contributed by atoms with E-state index in [4.69, 9.17) is 0 Å². The Labute approximate surface area is 158 Å². The van der Waals surface area contributed by atoms with E-state index in [0.29, 0.717) is 23.0 Å². The van der Waals surface area contributed by atoms with Crippen LogP contribution in [0.3, 0.4) is 0 Å². The van der Waals surface area contributed by atoms with Gasteiger partial charge in [0, 0.05) is 18.3 Å². The van der Waals surface area contributed by atoms with Crippen molar-refractivity contribution in [3.63, 3.8) is 0 Å². The summed E-state index contributed by atoms with van der Waals surface area (Å²) in [6.07, 6.45) is 5.37. The molecule has 4 nitrogen and oxygen atoms in total. The molecule has 3 rings (SSSR count). The van der Waals surface area contributed by atoms with Gasteiger partial charge in [0.15, 0.2) is 5.16 Å². The largest absolute Gasteiger partial charge is 0.352 e. The van der Waals surface area contributed by atoms with E-state index in [2.05, 4.69) is 27.4 Å². The fourth-order valence-corrected chi connectivity index (χ4v) is 3.02. The molecule has 0 aliphatic rings. The van der Waals surface area contributed by atoms with Crippen LogP contribution in [-0.4, -0.2) is 28.7 Å². The molecule has 1 heterocycles. The van der Waals surface area contributed by atoms with E-state index < -0.39 is 0 Å². The predicted octanol–water partition coefficient (Wildman–Crippen LogP) is 4.23. The molecular weight excluding hydrogens is 342 g/mol. The summed E-state index contributed by atoms with van der Waals surface area (Å²) < 4.78 is 0. The summed E-state index contributed by atoms with van der Waals surface area (Å²) in [7, 11) is 0. The third-order valence-electron chi connectivity index (χ3n) is 4.01. The lowest BCUT2D eigenvalue weighted by molar-refractivity contribution is 0.0953. The smallest absolute Gasteiger partial charge is 0.255 e. The van der Waals surface area contributed by atoms with Gasteiger partial charge >= 0.3 is 0 Å². The highest BCUT2D eigenvalue weighted by Crippen LogP contribution is 2.23. The highest BCUT2D eigenvalue weighted by atomic mass is 32.2. The summed E-state index contributed by atoms with van der Waals surface area (Å²) in [5.74, 6) is -0.135. The number of hydrogen-bond acceptors (Lipinski definition) is 4. The van der Waals surface area contributed by atoms with Gasteiger partial charge in [0.05, 0.1) is 11.3 Å². The summed E-state index contributed by atoms with van der Waals surface area (Å²) >= 11 is 1.46. The van der Waals surface area contributed by atoms with E-state index in [1.54, 1.807) is 6.20 Å². The normalized spacial score (nSPS) is 10.5. The molecule has 1 aromatic heterocycles.